The van der Waals surface area contributed by atoms with Gasteiger partial charge in [0.15, 0.2) is 0 Å². The zero-order chi connectivity index (χ0) is 16.3. The summed E-state index contributed by atoms with van der Waals surface area (Å²) >= 11 is 3.22. The van der Waals surface area contributed by atoms with E-state index in [1.54, 1.807) is 6.92 Å². The number of anilines is 1. The van der Waals surface area contributed by atoms with Gasteiger partial charge in [-0.25, -0.2) is 0 Å². The van der Waals surface area contributed by atoms with Gasteiger partial charge in [-0.2, -0.15) is 0 Å². The second-order valence-corrected chi connectivity index (χ2v) is 5.63. The van der Waals surface area contributed by atoms with Crippen molar-refractivity contribution in [2.45, 2.75) is 20.8 Å². The summed E-state index contributed by atoms with van der Waals surface area (Å²) in [5, 5.41) is 22.3. The molecule has 114 valence electrons. The van der Waals surface area contributed by atoms with Crippen LogP contribution in [0.5, 0.6) is 0 Å². The molecule has 21 heavy (non-hydrogen) atoms. The van der Waals surface area contributed by atoms with Crippen molar-refractivity contribution < 1.29 is 19.6 Å². The Morgan fingerprint density at radius 3 is 2.38 bits per heavy atom. The number of aryl methyl sites for hydroxylation is 1. The maximum atomic E-state index is 12.0. The third kappa shape index (κ3) is 4.01. The molecule has 0 bridgehead atoms. The number of nitrogens with zero attached hydrogens (tertiary/aromatic N) is 1. The number of carboxylic acid groups (broad SMARTS) is 1. The zero-order valence-corrected chi connectivity index (χ0v) is 13.3. The lowest BCUT2D eigenvalue weighted by molar-refractivity contribution is -0.385. The lowest BCUT2D eigenvalue weighted by Crippen LogP contribution is -2.30. The molecule has 1 aromatic rings. The van der Waals surface area contributed by atoms with Crippen LogP contribution in [0.25, 0.3) is 0 Å². The Labute approximate surface area is 129 Å². The summed E-state index contributed by atoms with van der Waals surface area (Å²) in [6, 6.07) is 2.77. The van der Waals surface area contributed by atoms with E-state index in [1.165, 1.54) is 26.0 Å². The molecule has 2 N–H and O–H groups in total. The van der Waals surface area contributed by atoms with Crippen LogP contribution < -0.4 is 5.32 Å². The quantitative estimate of drug-likeness (QED) is 0.620. The second-order valence-electron chi connectivity index (χ2n) is 4.78. The third-order valence-corrected chi connectivity index (χ3v) is 3.95. The van der Waals surface area contributed by atoms with Crippen molar-refractivity contribution in [3.05, 3.63) is 32.3 Å². The first-order chi connectivity index (χ1) is 9.65. The summed E-state index contributed by atoms with van der Waals surface area (Å²) < 4.78 is 0.495. The normalized spacial score (nSPS) is 13.3. The van der Waals surface area contributed by atoms with Crippen LogP contribution in [-0.2, 0) is 9.59 Å². The second kappa shape index (κ2) is 6.66. The van der Waals surface area contributed by atoms with E-state index in [2.05, 4.69) is 21.2 Å². The van der Waals surface area contributed by atoms with Gasteiger partial charge >= 0.3 is 5.97 Å². The Morgan fingerprint density at radius 1 is 1.33 bits per heavy atom. The van der Waals surface area contributed by atoms with Crippen LogP contribution in [0.1, 0.15) is 19.4 Å². The Balaban J connectivity index is 3.03. The molecule has 0 radical (unpaired) electrons. The van der Waals surface area contributed by atoms with Crippen LogP contribution in [0.3, 0.4) is 0 Å². The van der Waals surface area contributed by atoms with E-state index in [0.29, 0.717) is 10.0 Å². The molecule has 0 aliphatic carbocycles. The third-order valence-electron chi connectivity index (χ3n) is 3.29. The standard InChI is InChI=1S/C13H15BrN2O5/c1-6-4-9(14)10(5-11(6)16(20)21)15-12(17)7(2)8(3)13(18)19/h4-5,7-8H,1-3H3,(H,15,17)(H,18,19). The highest BCUT2D eigenvalue weighted by molar-refractivity contribution is 9.10. The number of rotatable bonds is 5. The number of carbonyl (C=O) groups is 2. The minimum absolute atomic E-state index is 0.118. The SMILES string of the molecule is Cc1cc(Br)c(NC(=O)C(C)C(C)C(=O)O)cc1[N+](=O)[O-]. The van der Waals surface area contributed by atoms with Gasteiger partial charge in [-0.3, -0.25) is 19.7 Å². The molecule has 0 saturated carbocycles. The van der Waals surface area contributed by atoms with Crippen LogP contribution in [0.2, 0.25) is 0 Å². The Hall–Kier alpha value is -1.96. The Kier molecular flexibility index (Phi) is 5.42. The van der Waals surface area contributed by atoms with Crippen molar-refractivity contribution in [3.8, 4) is 0 Å². The molecule has 0 saturated heterocycles. The lowest BCUT2D eigenvalue weighted by Gasteiger charge is -2.16. The maximum absolute atomic E-state index is 12.0. The number of nitro benzene ring substituents is 1. The molecule has 0 aliphatic heterocycles. The molecule has 0 aromatic heterocycles. The van der Waals surface area contributed by atoms with Gasteiger partial charge in [-0.15, -0.1) is 0 Å². The zero-order valence-electron chi connectivity index (χ0n) is 11.7. The van der Waals surface area contributed by atoms with Crippen LogP contribution in [0.4, 0.5) is 11.4 Å². The number of hydrogen-bond donors (Lipinski definition) is 2. The molecular formula is C13H15BrN2O5. The largest absolute Gasteiger partial charge is 0.481 e. The van der Waals surface area contributed by atoms with E-state index in [4.69, 9.17) is 5.11 Å². The number of nitrogens with one attached hydrogen (secondary N) is 1. The summed E-state index contributed by atoms with van der Waals surface area (Å²) in [6.07, 6.45) is 0. The lowest BCUT2D eigenvalue weighted by atomic mass is 9.95. The number of amides is 1. The van der Waals surface area contributed by atoms with Gasteiger partial charge in [0, 0.05) is 22.0 Å². The summed E-state index contributed by atoms with van der Waals surface area (Å²) in [5.41, 5.74) is 0.575. The molecule has 0 aliphatic rings. The highest BCUT2D eigenvalue weighted by Crippen LogP contribution is 2.31. The molecule has 0 heterocycles. The minimum Gasteiger partial charge on any atom is -0.481 e. The fraction of sp³-hybridized carbons (Fsp3) is 0.385. The van der Waals surface area contributed by atoms with E-state index in [0.717, 1.165) is 0 Å². The highest BCUT2D eigenvalue weighted by Gasteiger charge is 2.26. The summed E-state index contributed by atoms with van der Waals surface area (Å²) in [7, 11) is 0. The molecule has 0 spiro atoms. The van der Waals surface area contributed by atoms with E-state index < -0.39 is 28.6 Å². The maximum Gasteiger partial charge on any atom is 0.307 e. The van der Waals surface area contributed by atoms with Gasteiger partial charge in [-0.05, 0) is 28.9 Å². The fourth-order valence-corrected chi connectivity index (χ4v) is 2.20. The van der Waals surface area contributed by atoms with E-state index >= 15 is 0 Å². The van der Waals surface area contributed by atoms with Crippen molar-refractivity contribution >= 4 is 39.2 Å². The van der Waals surface area contributed by atoms with Crippen LogP contribution in [-0.4, -0.2) is 21.9 Å². The van der Waals surface area contributed by atoms with Crippen molar-refractivity contribution in [2.75, 3.05) is 5.32 Å². The van der Waals surface area contributed by atoms with Crippen molar-refractivity contribution in [2.24, 2.45) is 11.8 Å². The van der Waals surface area contributed by atoms with Crippen LogP contribution in [0.15, 0.2) is 16.6 Å². The Morgan fingerprint density at radius 2 is 1.90 bits per heavy atom. The number of benzene rings is 1. The first-order valence-corrected chi connectivity index (χ1v) is 6.92. The number of halogens is 1. The number of carbonyl (C=O) groups excluding carboxylic acids is 1. The predicted octanol–water partition coefficient (Wildman–Crippen LogP) is 2.96. The van der Waals surface area contributed by atoms with Crippen molar-refractivity contribution in [1.29, 1.82) is 0 Å². The average Bonchev–Trinajstić information content (AvgIpc) is 2.39. The van der Waals surface area contributed by atoms with Crippen molar-refractivity contribution in [1.82, 2.24) is 0 Å². The molecule has 8 heteroatoms. The van der Waals surface area contributed by atoms with E-state index in [9.17, 15) is 19.7 Å². The van der Waals surface area contributed by atoms with Gasteiger partial charge in [0.25, 0.3) is 5.69 Å². The smallest absolute Gasteiger partial charge is 0.307 e. The van der Waals surface area contributed by atoms with Gasteiger partial charge < -0.3 is 10.4 Å². The number of nitro groups is 1. The van der Waals surface area contributed by atoms with Gasteiger partial charge in [0.05, 0.1) is 16.5 Å². The number of carboxylic acids is 1. The van der Waals surface area contributed by atoms with Gasteiger partial charge in [0.1, 0.15) is 0 Å². The van der Waals surface area contributed by atoms with Crippen molar-refractivity contribution in [3.63, 3.8) is 0 Å². The summed E-state index contributed by atoms with van der Waals surface area (Å²) in [6.45, 7) is 4.51. The van der Waals surface area contributed by atoms with E-state index in [1.807, 2.05) is 0 Å². The molecule has 2 unspecified atom stereocenters. The summed E-state index contributed by atoms with van der Waals surface area (Å²) in [4.78, 5) is 33.2. The Bertz CT molecular complexity index is 602. The summed E-state index contributed by atoms with van der Waals surface area (Å²) in [5.74, 6) is -3.21. The molecule has 2 atom stereocenters. The first kappa shape index (κ1) is 17.1. The molecule has 1 aromatic carbocycles. The molecule has 1 rings (SSSR count). The molecule has 7 nitrogen and oxygen atoms in total. The molecular weight excluding hydrogens is 344 g/mol. The van der Waals surface area contributed by atoms with E-state index in [-0.39, 0.29) is 11.4 Å². The van der Waals surface area contributed by atoms with Crippen LogP contribution in [0, 0.1) is 28.9 Å². The topological polar surface area (TPSA) is 110 Å². The minimum atomic E-state index is -1.08. The molecule has 1 amide bonds. The monoisotopic (exact) mass is 358 g/mol. The number of aliphatic carboxylic acids is 1. The highest BCUT2D eigenvalue weighted by atomic mass is 79.9. The van der Waals surface area contributed by atoms with Crippen LogP contribution >= 0.6 is 15.9 Å². The number of hydrogen-bond acceptors (Lipinski definition) is 4. The average molecular weight is 359 g/mol. The fourth-order valence-electron chi connectivity index (χ4n) is 1.64. The predicted molar refractivity (Wildman–Crippen MR) is 80.1 cm³/mol. The van der Waals surface area contributed by atoms with Gasteiger partial charge in [0.2, 0.25) is 5.91 Å². The molecule has 0 fully saturated rings. The first-order valence-electron chi connectivity index (χ1n) is 6.13. The van der Waals surface area contributed by atoms with Gasteiger partial charge in [-0.1, -0.05) is 13.8 Å².